The van der Waals surface area contributed by atoms with Crippen LogP contribution in [0.2, 0.25) is 5.02 Å². The number of hydrogen-bond acceptors (Lipinski definition) is 4. The normalized spacial score (nSPS) is 11.5. The van der Waals surface area contributed by atoms with Gasteiger partial charge in [0.05, 0.1) is 10.4 Å². The lowest BCUT2D eigenvalue weighted by molar-refractivity contribution is -0.116. The maximum absolute atomic E-state index is 13.3. The van der Waals surface area contributed by atoms with E-state index in [2.05, 4.69) is 5.32 Å². The molecule has 33 heavy (non-hydrogen) atoms. The predicted molar refractivity (Wildman–Crippen MR) is 125 cm³/mol. The smallest absolute Gasteiger partial charge is 0.244 e. The minimum atomic E-state index is -4.18. The lowest BCUT2D eigenvalue weighted by Gasteiger charge is -2.14. The summed E-state index contributed by atoms with van der Waals surface area (Å²) in [5, 5.41) is 3.18. The highest BCUT2D eigenvalue weighted by atomic mass is 35.5. The average molecular weight is 485 g/mol. The molecule has 0 atom stereocenters. The van der Waals surface area contributed by atoms with Crippen LogP contribution in [0.25, 0.3) is 10.9 Å². The molecule has 0 fully saturated rings. The molecule has 0 aliphatic heterocycles. The van der Waals surface area contributed by atoms with Gasteiger partial charge in [-0.15, -0.1) is 0 Å². The highest BCUT2D eigenvalue weighted by molar-refractivity contribution is 7.91. The fraction of sp³-hybridized carbons (Fsp3) is 0.0833. The highest BCUT2D eigenvalue weighted by Crippen LogP contribution is 2.23. The molecule has 0 spiro atoms. The van der Waals surface area contributed by atoms with E-state index in [0.717, 1.165) is 5.56 Å². The third-order valence-electron chi connectivity index (χ3n) is 5.06. The Bertz CT molecular complexity index is 1530. The first-order valence-electron chi connectivity index (χ1n) is 9.85. The summed E-state index contributed by atoms with van der Waals surface area (Å²) < 4.78 is 41.1. The summed E-state index contributed by atoms with van der Waals surface area (Å²) in [5.74, 6) is -0.909. The van der Waals surface area contributed by atoms with E-state index in [1.54, 1.807) is 25.1 Å². The van der Waals surface area contributed by atoms with Gasteiger partial charge in [0.2, 0.25) is 21.2 Å². The minimum Gasteiger partial charge on any atom is -0.336 e. The molecule has 1 amide bonds. The molecule has 0 unspecified atom stereocenters. The second-order valence-corrected chi connectivity index (χ2v) is 9.84. The van der Waals surface area contributed by atoms with Crippen LogP contribution in [-0.4, -0.2) is 18.9 Å². The summed E-state index contributed by atoms with van der Waals surface area (Å²) in [7, 11) is -4.18. The van der Waals surface area contributed by atoms with Gasteiger partial charge >= 0.3 is 0 Å². The van der Waals surface area contributed by atoms with E-state index in [1.165, 1.54) is 59.3 Å². The summed E-state index contributed by atoms with van der Waals surface area (Å²) in [5.41, 5.74) is 0.910. The number of nitrogens with one attached hydrogen (secondary N) is 1. The molecule has 4 aromatic rings. The number of hydrogen-bond donors (Lipinski definition) is 1. The molecule has 0 aliphatic rings. The topological polar surface area (TPSA) is 85.2 Å². The summed E-state index contributed by atoms with van der Waals surface area (Å²) in [6.45, 7) is 1.52. The summed E-state index contributed by atoms with van der Waals surface area (Å²) >= 11 is 5.87. The zero-order valence-electron chi connectivity index (χ0n) is 17.4. The van der Waals surface area contributed by atoms with Crippen LogP contribution in [0.1, 0.15) is 5.56 Å². The van der Waals surface area contributed by atoms with Gasteiger partial charge in [-0.1, -0.05) is 23.2 Å². The quantitative estimate of drug-likeness (QED) is 0.449. The van der Waals surface area contributed by atoms with E-state index in [1.807, 2.05) is 0 Å². The van der Waals surface area contributed by atoms with Crippen molar-refractivity contribution in [2.75, 3.05) is 5.32 Å². The molecule has 0 bridgehead atoms. The number of benzene rings is 3. The van der Waals surface area contributed by atoms with Crippen molar-refractivity contribution in [3.05, 3.63) is 99.6 Å². The summed E-state index contributed by atoms with van der Waals surface area (Å²) in [6, 6.07) is 15.8. The van der Waals surface area contributed by atoms with E-state index in [-0.39, 0.29) is 16.8 Å². The van der Waals surface area contributed by atoms with Gasteiger partial charge < -0.3 is 9.88 Å². The van der Waals surface area contributed by atoms with Gasteiger partial charge in [0.15, 0.2) is 0 Å². The van der Waals surface area contributed by atoms with Crippen molar-refractivity contribution in [2.45, 2.75) is 23.3 Å². The van der Waals surface area contributed by atoms with Crippen LogP contribution in [0.15, 0.2) is 87.5 Å². The van der Waals surface area contributed by atoms with Crippen molar-refractivity contribution in [3.63, 3.8) is 0 Å². The van der Waals surface area contributed by atoms with Crippen LogP contribution in [0.5, 0.6) is 0 Å². The number of fused-ring (bicyclic) bond motifs is 1. The van der Waals surface area contributed by atoms with E-state index >= 15 is 0 Å². The Kier molecular flexibility index (Phi) is 6.05. The Balaban J connectivity index is 1.81. The van der Waals surface area contributed by atoms with Crippen LogP contribution in [0, 0.1) is 12.7 Å². The first-order chi connectivity index (χ1) is 15.6. The monoisotopic (exact) mass is 484 g/mol. The van der Waals surface area contributed by atoms with Crippen LogP contribution in [0.4, 0.5) is 10.1 Å². The molecular weight excluding hydrogens is 467 g/mol. The molecule has 0 radical (unpaired) electrons. The molecule has 168 valence electrons. The standard InChI is InChI=1S/C24H18ClFN2O4S/c1-15-2-11-21-20(12-15)24(30)22(33(31,32)19-9-3-16(25)4-10-19)13-28(21)14-23(29)27-18-7-5-17(26)6-8-18/h2-13H,14H2,1H3,(H,27,29). The SMILES string of the molecule is Cc1ccc2c(c1)c(=O)c(S(=O)(=O)c1ccc(Cl)cc1)cn2CC(=O)Nc1ccc(F)cc1. The third kappa shape index (κ3) is 4.67. The number of amides is 1. The summed E-state index contributed by atoms with van der Waals surface area (Å²) in [6.07, 6.45) is 1.17. The lowest BCUT2D eigenvalue weighted by atomic mass is 10.1. The first-order valence-corrected chi connectivity index (χ1v) is 11.7. The third-order valence-corrected chi connectivity index (χ3v) is 7.07. The average Bonchev–Trinajstić information content (AvgIpc) is 2.77. The molecule has 0 saturated carbocycles. The van der Waals surface area contributed by atoms with Crippen molar-refractivity contribution in [1.29, 1.82) is 0 Å². The summed E-state index contributed by atoms with van der Waals surface area (Å²) in [4.78, 5) is 25.3. The second-order valence-electron chi connectivity index (χ2n) is 7.48. The van der Waals surface area contributed by atoms with Gasteiger partial charge in [-0.3, -0.25) is 9.59 Å². The van der Waals surface area contributed by atoms with Crippen molar-refractivity contribution in [2.24, 2.45) is 0 Å². The highest BCUT2D eigenvalue weighted by Gasteiger charge is 2.24. The van der Waals surface area contributed by atoms with Crippen molar-refractivity contribution in [3.8, 4) is 0 Å². The number of anilines is 1. The van der Waals surface area contributed by atoms with E-state index < -0.39 is 31.9 Å². The molecule has 1 heterocycles. The fourth-order valence-electron chi connectivity index (χ4n) is 3.44. The molecule has 3 aromatic carbocycles. The van der Waals surface area contributed by atoms with Crippen molar-refractivity contribution >= 4 is 43.9 Å². The number of carbonyl (C=O) groups excluding carboxylic acids is 1. The Morgan fingerprint density at radius 1 is 1.03 bits per heavy atom. The Labute approximate surface area is 194 Å². The maximum atomic E-state index is 13.3. The molecule has 0 saturated heterocycles. The van der Waals surface area contributed by atoms with Crippen LogP contribution >= 0.6 is 11.6 Å². The number of carbonyl (C=O) groups is 1. The largest absolute Gasteiger partial charge is 0.336 e. The number of aromatic nitrogens is 1. The fourth-order valence-corrected chi connectivity index (χ4v) is 4.93. The van der Waals surface area contributed by atoms with Crippen molar-refractivity contribution in [1.82, 2.24) is 4.57 Å². The molecule has 1 aromatic heterocycles. The Hall–Kier alpha value is -3.49. The molecule has 0 aliphatic carbocycles. The predicted octanol–water partition coefficient (Wildman–Crippen LogP) is 4.57. The molecular formula is C24H18ClFN2O4S. The number of aryl methyl sites for hydroxylation is 1. The zero-order valence-corrected chi connectivity index (χ0v) is 19.0. The van der Waals surface area contributed by atoms with Crippen LogP contribution in [-0.2, 0) is 21.2 Å². The van der Waals surface area contributed by atoms with Crippen LogP contribution in [0.3, 0.4) is 0 Å². The van der Waals surface area contributed by atoms with Gasteiger partial charge in [-0.25, -0.2) is 12.8 Å². The van der Waals surface area contributed by atoms with Gasteiger partial charge in [0.25, 0.3) is 0 Å². The maximum Gasteiger partial charge on any atom is 0.244 e. The molecule has 1 N–H and O–H groups in total. The van der Waals surface area contributed by atoms with E-state index in [4.69, 9.17) is 11.6 Å². The number of pyridine rings is 1. The first kappa shape index (κ1) is 22.7. The Morgan fingerprint density at radius 3 is 2.36 bits per heavy atom. The number of sulfone groups is 1. The van der Waals surface area contributed by atoms with Gasteiger partial charge in [-0.2, -0.15) is 0 Å². The number of halogens is 2. The van der Waals surface area contributed by atoms with Crippen molar-refractivity contribution < 1.29 is 17.6 Å². The molecule has 6 nitrogen and oxygen atoms in total. The molecule has 9 heteroatoms. The zero-order chi connectivity index (χ0) is 23.8. The van der Waals surface area contributed by atoms with E-state index in [9.17, 15) is 22.4 Å². The lowest BCUT2D eigenvalue weighted by Crippen LogP contribution is -2.24. The Morgan fingerprint density at radius 2 is 1.70 bits per heavy atom. The van der Waals surface area contributed by atoms with E-state index in [0.29, 0.717) is 16.2 Å². The second kappa shape index (κ2) is 8.80. The van der Waals surface area contributed by atoms with Gasteiger partial charge in [0, 0.05) is 22.3 Å². The van der Waals surface area contributed by atoms with Gasteiger partial charge in [0.1, 0.15) is 17.3 Å². The minimum absolute atomic E-state index is 0.0849. The number of rotatable bonds is 5. The van der Waals surface area contributed by atoms with Crippen LogP contribution < -0.4 is 10.7 Å². The molecule has 4 rings (SSSR count). The number of nitrogens with zero attached hydrogens (tertiary/aromatic N) is 1. The van der Waals surface area contributed by atoms with Gasteiger partial charge in [-0.05, 0) is 67.6 Å².